The average Bonchev–Trinajstić information content (AvgIpc) is 3.21. The van der Waals surface area contributed by atoms with E-state index in [0.717, 1.165) is 22.7 Å². The molecule has 29 heavy (non-hydrogen) atoms. The van der Waals surface area contributed by atoms with E-state index in [4.69, 9.17) is 0 Å². The molecule has 0 aliphatic carbocycles. The number of nitrogens with one attached hydrogen (secondary N) is 1. The van der Waals surface area contributed by atoms with Crippen LogP contribution < -0.4 is 10.2 Å². The van der Waals surface area contributed by atoms with Crippen molar-refractivity contribution in [1.29, 1.82) is 0 Å². The lowest BCUT2D eigenvalue weighted by Gasteiger charge is -2.17. The van der Waals surface area contributed by atoms with Crippen LogP contribution in [0.25, 0.3) is 0 Å². The first-order valence-corrected chi connectivity index (χ1v) is 10.5. The maximum Gasteiger partial charge on any atom is 0.252 e. The lowest BCUT2D eigenvalue weighted by atomic mass is 10.2. The van der Waals surface area contributed by atoms with Crippen LogP contribution in [0.2, 0.25) is 0 Å². The molecule has 1 N–H and O–H groups in total. The minimum Gasteiger partial charge on any atom is -0.346 e. The fourth-order valence-corrected chi connectivity index (χ4v) is 4.29. The Hall–Kier alpha value is -3.12. The van der Waals surface area contributed by atoms with E-state index in [0.29, 0.717) is 24.4 Å². The summed E-state index contributed by atoms with van der Waals surface area (Å²) in [5, 5.41) is 2.90. The van der Waals surface area contributed by atoms with Crippen molar-refractivity contribution in [3.63, 3.8) is 0 Å². The molecule has 0 unspecified atom stereocenters. The molecular weight excluding hydrogens is 382 g/mol. The number of carbonyl (C=O) groups is 2. The van der Waals surface area contributed by atoms with E-state index in [9.17, 15) is 9.59 Å². The zero-order chi connectivity index (χ0) is 20.1. The SMILES string of the molecule is O=C(NCc1ccccn1)c1ccccc1SCC(=O)N1CCc2ccccc21. The third-order valence-corrected chi connectivity index (χ3v) is 5.89. The van der Waals surface area contributed by atoms with Crippen molar-refractivity contribution in [3.8, 4) is 0 Å². The van der Waals surface area contributed by atoms with Crippen LogP contribution in [0, 0.1) is 0 Å². The maximum absolute atomic E-state index is 12.8. The van der Waals surface area contributed by atoms with Gasteiger partial charge in [-0.25, -0.2) is 0 Å². The van der Waals surface area contributed by atoms with Gasteiger partial charge in [-0.3, -0.25) is 14.6 Å². The van der Waals surface area contributed by atoms with Crippen molar-refractivity contribution in [2.45, 2.75) is 17.9 Å². The molecule has 4 rings (SSSR count). The Balaban J connectivity index is 1.40. The van der Waals surface area contributed by atoms with Gasteiger partial charge in [0.1, 0.15) is 0 Å². The molecule has 0 radical (unpaired) electrons. The number of hydrogen-bond acceptors (Lipinski definition) is 4. The summed E-state index contributed by atoms with van der Waals surface area (Å²) in [5.74, 6) is 0.181. The molecule has 5 nitrogen and oxygen atoms in total. The van der Waals surface area contributed by atoms with Crippen LogP contribution in [0.3, 0.4) is 0 Å². The molecule has 1 aliphatic heterocycles. The third kappa shape index (κ3) is 4.49. The predicted molar refractivity (Wildman–Crippen MR) is 115 cm³/mol. The van der Waals surface area contributed by atoms with E-state index in [1.807, 2.05) is 59.5 Å². The van der Waals surface area contributed by atoms with Crippen LogP contribution in [0.4, 0.5) is 5.69 Å². The van der Waals surface area contributed by atoms with Crippen LogP contribution in [0.1, 0.15) is 21.6 Å². The Kier molecular flexibility index (Phi) is 5.91. The smallest absolute Gasteiger partial charge is 0.252 e. The number of hydrogen-bond donors (Lipinski definition) is 1. The molecule has 0 saturated heterocycles. The molecule has 3 aromatic rings. The molecule has 6 heteroatoms. The highest BCUT2D eigenvalue weighted by molar-refractivity contribution is 8.00. The summed E-state index contributed by atoms with van der Waals surface area (Å²) in [7, 11) is 0. The number of aromatic nitrogens is 1. The number of carbonyl (C=O) groups excluding carboxylic acids is 2. The number of pyridine rings is 1. The number of benzene rings is 2. The van der Waals surface area contributed by atoms with Gasteiger partial charge in [-0.15, -0.1) is 11.8 Å². The highest BCUT2D eigenvalue weighted by atomic mass is 32.2. The Morgan fingerprint density at radius 1 is 1.00 bits per heavy atom. The highest BCUT2D eigenvalue weighted by Crippen LogP contribution is 2.29. The van der Waals surface area contributed by atoms with E-state index in [1.54, 1.807) is 12.3 Å². The molecule has 1 aliphatic rings. The van der Waals surface area contributed by atoms with Gasteiger partial charge in [-0.1, -0.05) is 36.4 Å². The molecule has 2 heterocycles. The van der Waals surface area contributed by atoms with E-state index in [1.165, 1.54) is 17.3 Å². The number of thioether (sulfide) groups is 1. The molecule has 1 aromatic heterocycles. The predicted octanol–water partition coefficient (Wildman–Crippen LogP) is 3.69. The molecule has 2 aromatic carbocycles. The van der Waals surface area contributed by atoms with Gasteiger partial charge in [0.15, 0.2) is 0 Å². The maximum atomic E-state index is 12.8. The standard InChI is InChI=1S/C23H21N3O2S/c27-22(26-14-12-17-7-1-3-10-20(17)26)16-29-21-11-4-2-9-19(21)23(28)25-15-18-8-5-6-13-24-18/h1-11,13H,12,14-16H2,(H,25,28). The van der Waals surface area contributed by atoms with E-state index in [2.05, 4.69) is 16.4 Å². The lowest BCUT2D eigenvalue weighted by molar-refractivity contribution is -0.116. The Morgan fingerprint density at radius 3 is 2.66 bits per heavy atom. The summed E-state index contributed by atoms with van der Waals surface area (Å²) in [4.78, 5) is 32.3. The van der Waals surface area contributed by atoms with Crippen molar-refractivity contribution >= 4 is 29.3 Å². The van der Waals surface area contributed by atoms with Crippen LogP contribution in [0.15, 0.2) is 77.8 Å². The fraction of sp³-hybridized carbons (Fsp3) is 0.174. The number of nitrogens with zero attached hydrogens (tertiary/aromatic N) is 2. The third-order valence-electron chi connectivity index (χ3n) is 4.83. The van der Waals surface area contributed by atoms with Gasteiger partial charge in [0.25, 0.3) is 5.91 Å². The second kappa shape index (κ2) is 8.92. The zero-order valence-corrected chi connectivity index (χ0v) is 16.7. The van der Waals surface area contributed by atoms with E-state index >= 15 is 0 Å². The molecular formula is C23H21N3O2S. The van der Waals surface area contributed by atoms with Crippen molar-refractivity contribution in [2.75, 3.05) is 17.2 Å². The molecule has 0 bridgehead atoms. The van der Waals surface area contributed by atoms with Crippen molar-refractivity contribution < 1.29 is 9.59 Å². The molecule has 0 spiro atoms. The van der Waals surface area contributed by atoms with Crippen molar-refractivity contribution in [3.05, 3.63) is 89.7 Å². The second-order valence-corrected chi connectivity index (χ2v) is 7.73. The zero-order valence-electron chi connectivity index (χ0n) is 15.9. The van der Waals surface area contributed by atoms with Gasteiger partial charge in [0.2, 0.25) is 5.91 Å². The quantitative estimate of drug-likeness (QED) is 0.638. The van der Waals surface area contributed by atoms with Gasteiger partial charge >= 0.3 is 0 Å². The molecule has 2 amide bonds. The van der Waals surface area contributed by atoms with Gasteiger partial charge in [0, 0.05) is 23.3 Å². The molecule has 0 atom stereocenters. The first-order chi connectivity index (χ1) is 14.2. The van der Waals surface area contributed by atoms with Crippen molar-refractivity contribution in [2.24, 2.45) is 0 Å². The molecule has 146 valence electrons. The minimum absolute atomic E-state index is 0.0589. The largest absolute Gasteiger partial charge is 0.346 e. The van der Waals surface area contributed by atoms with Gasteiger partial charge < -0.3 is 10.2 Å². The Labute approximate surface area is 174 Å². The fourth-order valence-electron chi connectivity index (χ4n) is 3.36. The van der Waals surface area contributed by atoms with Gasteiger partial charge in [-0.2, -0.15) is 0 Å². The number of para-hydroxylation sites is 1. The van der Waals surface area contributed by atoms with Crippen LogP contribution in [-0.4, -0.2) is 29.1 Å². The monoisotopic (exact) mass is 403 g/mol. The van der Waals surface area contributed by atoms with Gasteiger partial charge in [-0.05, 0) is 42.3 Å². The topological polar surface area (TPSA) is 62.3 Å². The summed E-state index contributed by atoms with van der Waals surface area (Å²) in [5.41, 5.74) is 3.58. The first-order valence-electron chi connectivity index (χ1n) is 9.50. The van der Waals surface area contributed by atoms with Gasteiger partial charge in [0.05, 0.1) is 23.6 Å². The summed E-state index contributed by atoms with van der Waals surface area (Å²) >= 11 is 1.40. The normalized spacial score (nSPS) is 12.5. The summed E-state index contributed by atoms with van der Waals surface area (Å²) in [6.45, 7) is 1.08. The molecule has 0 fully saturated rings. The lowest BCUT2D eigenvalue weighted by Crippen LogP contribution is -2.30. The van der Waals surface area contributed by atoms with Crippen molar-refractivity contribution in [1.82, 2.24) is 10.3 Å². The van der Waals surface area contributed by atoms with E-state index in [-0.39, 0.29) is 11.8 Å². The van der Waals surface area contributed by atoms with Crippen LogP contribution >= 0.6 is 11.8 Å². The average molecular weight is 404 g/mol. The number of rotatable bonds is 6. The van der Waals surface area contributed by atoms with E-state index < -0.39 is 0 Å². The number of anilines is 1. The van der Waals surface area contributed by atoms with Crippen LogP contribution in [-0.2, 0) is 17.8 Å². The number of fused-ring (bicyclic) bond motifs is 1. The number of amides is 2. The first kappa shape index (κ1) is 19.2. The van der Waals surface area contributed by atoms with Crippen LogP contribution in [0.5, 0.6) is 0 Å². The second-order valence-electron chi connectivity index (χ2n) is 6.71. The summed E-state index contributed by atoms with van der Waals surface area (Å²) < 4.78 is 0. The molecule has 0 saturated carbocycles. The Morgan fingerprint density at radius 2 is 1.79 bits per heavy atom. The minimum atomic E-state index is -0.169. The Bertz CT molecular complexity index is 1020. The summed E-state index contributed by atoms with van der Waals surface area (Å²) in [6, 6.07) is 21.0. The summed E-state index contributed by atoms with van der Waals surface area (Å²) in [6.07, 6.45) is 2.59. The highest BCUT2D eigenvalue weighted by Gasteiger charge is 2.24.